The van der Waals surface area contributed by atoms with Crippen molar-refractivity contribution in [3.8, 4) is 0 Å². The van der Waals surface area contributed by atoms with Crippen molar-refractivity contribution < 1.29 is 0 Å². The largest absolute Gasteiger partial charge is 0.368 e. The number of imidazole rings is 2. The summed E-state index contributed by atoms with van der Waals surface area (Å²) in [5.74, 6) is 1.11. The van der Waals surface area contributed by atoms with Gasteiger partial charge in [0.2, 0.25) is 5.95 Å². The van der Waals surface area contributed by atoms with Gasteiger partial charge in [0.05, 0.1) is 24.0 Å². The van der Waals surface area contributed by atoms with Gasteiger partial charge in [-0.1, -0.05) is 0 Å². The highest BCUT2D eigenvalue weighted by molar-refractivity contribution is 5.74. The second-order valence-electron chi connectivity index (χ2n) is 7.36. The van der Waals surface area contributed by atoms with Gasteiger partial charge in [-0.15, -0.1) is 0 Å². The van der Waals surface area contributed by atoms with Crippen LogP contribution >= 0.6 is 0 Å². The molecule has 4 heterocycles. The van der Waals surface area contributed by atoms with E-state index in [1.165, 1.54) is 0 Å². The van der Waals surface area contributed by atoms with Crippen LogP contribution in [-0.4, -0.2) is 39.0 Å². The van der Waals surface area contributed by atoms with Gasteiger partial charge in [-0.25, -0.2) is 24.9 Å². The summed E-state index contributed by atoms with van der Waals surface area (Å²) >= 11 is 0. The molecule has 0 aliphatic heterocycles. The van der Waals surface area contributed by atoms with E-state index in [1.807, 2.05) is 31.7 Å². The molecule has 9 heteroatoms. The van der Waals surface area contributed by atoms with Crippen LogP contribution < -0.4 is 5.73 Å². The third-order valence-corrected chi connectivity index (χ3v) is 4.43. The quantitative estimate of drug-likeness (QED) is 0.566. The number of fused-ring (bicyclic) bond motifs is 2. The summed E-state index contributed by atoms with van der Waals surface area (Å²) in [6, 6.07) is 0.711. The Bertz CT molecular complexity index is 1030. The van der Waals surface area contributed by atoms with Crippen molar-refractivity contribution in [1.29, 1.82) is 0 Å². The van der Waals surface area contributed by atoms with Crippen molar-refractivity contribution in [3.05, 3.63) is 29.9 Å². The number of rotatable bonds is 2. The minimum Gasteiger partial charge on any atom is -0.368 e. The van der Waals surface area contributed by atoms with Crippen LogP contribution in [-0.2, 0) is 0 Å². The van der Waals surface area contributed by atoms with Crippen LogP contribution in [0.25, 0.3) is 22.3 Å². The number of aryl methyl sites for hydroxylation is 3. The number of hydrogen-bond acceptors (Lipinski definition) is 7. The normalized spacial score (nSPS) is 11.5. The van der Waals surface area contributed by atoms with E-state index in [0.717, 1.165) is 39.5 Å². The Hall–Kier alpha value is -3.10. The van der Waals surface area contributed by atoms with Crippen LogP contribution in [0.5, 0.6) is 0 Å². The summed E-state index contributed by atoms with van der Waals surface area (Å²) in [6.07, 6.45) is 3.60. The van der Waals surface area contributed by atoms with E-state index in [0.29, 0.717) is 18.0 Å². The first kappa shape index (κ1) is 19.7. The highest BCUT2D eigenvalue weighted by atomic mass is 15.2. The van der Waals surface area contributed by atoms with Crippen LogP contribution in [0.15, 0.2) is 12.7 Å². The van der Waals surface area contributed by atoms with Gasteiger partial charge in [0.15, 0.2) is 11.3 Å². The Morgan fingerprint density at radius 1 is 0.714 bits per heavy atom. The van der Waals surface area contributed by atoms with E-state index in [4.69, 9.17) is 5.73 Å². The molecule has 0 saturated carbocycles. The SMILES string of the molecule is Cc1nc(C)c2ncn(C(C)C)c2n1.Cc1nc(N)nc2c1ncn2C(C)C. The molecule has 9 nitrogen and oxygen atoms in total. The fourth-order valence-electron chi connectivity index (χ4n) is 3.03. The lowest BCUT2D eigenvalue weighted by Gasteiger charge is -2.07. The molecule has 4 aromatic rings. The third-order valence-electron chi connectivity index (χ3n) is 4.43. The molecule has 0 bridgehead atoms. The highest BCUT2D eigenvalue weighted by Crippen LogP contribution is 2.18. The summed E-state index contributed by atoms with van der Waals surface area (Å²) in [5, 5.41) is 0. The number of aromatic nitrogens is 8. The van der Waals surface area contributed by atoms with E-state index in [1.54, 1.807) is 6.33 Å². The summed E-state index contributed by atoms with van der Waals surface area (Å²) in [5.41, 5.74) is 10.8. The van der Waals surface area contributed by atoms with Crippen molar-refractivity contribution in [1.82, 2.24) is 39.0 Å². The molecule has 0 fully saturated rings. The van der Waals surface area contributed by atoms with Crippen LogP contribution in [0.3, 0.4) is 0 Å². The Kier molecular flexibility index (Phi) is 5.26. The Morgan fingerprint density at radius 3 is 1.68 bits per heavy atom. The zero-order valence-electron chi connectivity index (χ0n) is 17.5. The molecule has 2 N–H and O–H groups in total. The van der Waals surface area contributed by atoms with E-state index in [9.17, 15) is 0 Å². The van der Waals surface area contributed by atoms with Gasteiger partial charge in [0.25, 0.3) is 0 Å². The highest BCUT2D eigenvalue weighted by Gasteiger charge is 2.11. The molecule has 0 aliphatic carbocycles. The van der Waals surface area contributed by atoms with Gasteiger partial charge >= 0.3 is 0 Å². The molecule has 0 atom stereocenters. The Balaban J connectivity index is 0.000000161. The van der Waals surface area contributed by atoms with Crippen molar-refractivity contribution in [2.24, 2.45) is 0 Å². The summed E-state index contributed by atoms with van der Waals surface area (Å²) in [4.78, 5) is 25.5. The number of hydrogen-bond donors (Lipinski definition) is 1. The van der Waals surface area contributed by atoms with Crippen molar-refractivity contribution in [2.75, 3.05) is 5.73 Å². The predicted molar refractivity (Wildman–Crippen MR) is 110 cm³/mol. The average molecular weight is 381 g/mol. The predicted octanol–water partition coefficient (Wildman–Crippen LogP) is 3.32. The molecule has 0 amide bonds. The van der Waals surface area contributed by atoms with Gasteiger partial charge in [0.1, 0.15) is 16.9 Å². The Labute approximate surface area is 164 Å². The Morgan fingerprint density at radius 2 is 1.18 bits per heavy atom. The number of nitrogens with zero attached hydrogens (tertiary/aromatic N) is 8. The lowest BCUT2D eigenvalue weighted by Crippen LogP contribution is -2.03. The molecular weight excluding hydrogens is 354 g/mol. The van der Waals surface area contributed by atoms with Crippen molar-refractivity contribution in [3.63, 3.8) is 0 Å². The molecule has 0 aromatic carbocycles. The lowest BCUT2D eigenvalue weighted by atomic mass is 10.3. The second kappa shape index (κ2) is 7.49. The molecule has 0 unspecified atom stereocenters. The molecule has 148 valence electrons. The van der Waals surface area contributed by atoms with Gasteiger partial charge < -0.3 is 14.9 Å². The minimum absolute atomic E-state index is 0.303. The molecule has 4 rings (SSSR count). The zero-order chi connectivity index (χ0) is 20.6. The first-order valence-electron chi connectivity index (χ1n) is 9.33. The fourth-order valence-corrected chi connectivity index (χ4v) is 3.03. The number of nitrogen functional groups attached to an aromatic ring is 1. The molecule has 28 heavy (non-hydrogen) atoms. The summed E-state index contributed by atoms with van der Waals surface area (Å²) in [6.45, 7) is 14.2. The maximum Gasteiger partial charge on any atom is 0.222 e. The smallest absolute Gasteiger partial charge is 0.222 e. The van der Waals surface area contributed by atoms with Crippen LogP contribution in [0.2, 0.25) is 0 Å². The van der Waals surface area contributed by atoms with E-state index >= 15 is 0 Å². The molecule has 0 radical (unpaired) electrons. The lowest BCUT2D eigenvalue weighted by molar-refractivity contribution is 0.612. The zero-order valence-corrected chi connectivity index (χ0v) is 17.5. The van der Waals surface area contributed by atoms with E-state index in [-0.39, 0.29) is 0 Å². The number of nitrogens with two attached hydrogens (primary N) is 1. The third kappa shape index (κ3) is 3.64. The average Bonchev–Trinajstić information content (AvgIpc) is 3.19. The van der Waals surface area contributed by atoms with Gasteiger partial charge in [0, 0.05) is 12.1 Å². The molecular formula is C19H27N9. The molecule has 0 spiro atoms. The maximum absolute atomic E-state index is 5.59. The van der Waals surface area contributed by atoms with Gasteiger partial charge in [-0.2, -0.15) is 4.98 Å². The second-order valence-corrected chi connectivity index (χ2v) is 7.36. The summed E-state index contributed by atoms with van der Waals surface area (Å²) in [7, 11) is 0. The minimum atomic E-state index is 0.303. The standard InChI is InChI=1S/C10H14N4.C9H13N5/c1-6(2)14-5-11-9-7(3)12-8(4)13-10(9)14;1-5(2)14-4-11-7-6(3)12-9(10)13-8(7)14/h5-6H,1-4H3;4-5H,1-3H3,(H2,10,12,13). The van der Waals surface area contributed by atoms with E-state index in [2.05, 4.69) is 62.2 Å². The maximum atomic E-state index is 5.59. The fraction of sp³-hybridized carbons (Fsp3) is 0.474. The van der Waals surface area contributed by atoms with Gasteiger partial charge in [-0.05, 0) is 48.5 Å². The van der Waals surface area contributed by atoms with Crippen LogP contribution in [0, 0.1) is 20.8 Å². The van der Waals surface area contributed by atoms with Crippen molar-refractivity contribution >= 4 is 28.3 Å². The first-order valence-corrected chi connectivity index (χ1v) is 9.33. The number of anilines is 1. The van der Waals surface area contributed by atoms with E-state index < -0.39 is 0 Å². The van der Waals surface area contributed by atoms with Gasteiger partial charge in [-0.3, -0.25) is 0 Å². The van der Waals surface area contributed by atoms with Crippen LogP contribution in [0.4, 0.5) is 5.95 Å². The molecule has 0 saturated heterocycles. The molecule has 0 aliphatic rings. The van der Waals surface area contributed by atoms with Crippen molar-refractivity contribution in [2.45, 2.75) is 60.5 Å². The summed E-state index contributed by atoms with van der Waals surface area (Å²) < 4.78 is 4.05. The topological polar surface area (TPSA) is 113 Å². The monoisotopic (exact) mass is 381 g/mol. The van der Waals surface area contributed by atoms with Crippen LogP contribution in [0.1, 0.15) is 57.0 Å². The first-order chi connectivity index (χ1) is 13.2. The molecule has 4 aromatic heterocycles.